The van der Waals surface area contributed by atoms with Gasteiger partial charge in [0.2, 0.25) is 0 Å². The van der Waals surface area contributed by atoms with Gasteiger partial charge in [0.05, 0.1) is 0 Å². The Morgan fingerprint density at radius 2 is 1.90 bits per heavy atom. The molecule has 0 saturated carbocycles. The average molecular weight is 288 g/mol. The van der Waals surface area contributed by atoms with Crippen molar-refractivity contribution >= 4 is 23.2 Å². The Hall–Kier alpha value is -2.21. The van der Waals surface area contributed by atoms with E-state index < -0.39 is 5.97 Å². The zero-order valence-electron chi connectivity index (χ0n) is 10.5. The first kappa shape index (κ1) is 12.8. The van der Waals surface area contributed by atoms with Crippen molar-refractivity contribution in [2.24, 2.45) is 0 Å². The van der Waals surface area contributed by atoms with E-state index in [-0.39, 0.29) is 22.7 Å². The van der Waals surface area contributed by atoms with E-state index >= 15 is 0 Å². The van der Waals surface area contributed by atoms with Crippen molar-refractivity contribution in [3.05, 3.63) is 51.5 Å². The molecular formula is C14H12N2O3S. The molecule has 1 heterocycles. The number of hydrogen-bond donors (Lipinski definition) is 2. The number of rotatable bonds is 3. The van der Waals surface area contributed by atoms with Gasteiger partial charge in [-0.1, -0.05) is 24.3 Å². The molecule has 1 aromatic carbocycles. The maximum Gasteiger partial charge on any atom is 0.355 e. The van der Waals surface area contributed by atoms with E-state index in [4.69, 9.17) is 5.11 Å². The first-order chi connectivity index (χ1) is 9.63. The SMILES string of the molecule is O=C(O)c1csc(C(=O)NC2Cc3ccccc3C2)n1. The summed E-state index contributed by atoms with van der Waals surface area (Å²) in [7, 11) is 0. The molecule has 0 bridgehead atoms. The molecule has 0 fully saturated rings. The second-order valence-corrected chi connectivity index (χ2v) is 5.55. The molecule has 102 valence electrons. The van der Waals surface area contributed by atoms with E-state index in [2.05, 4.69) is 22.4 Å². The molecule has 1 aromatic heterocycles. The third kappa shape index (κ3) is 2.42. The van der Waals surface area contributed by atoms with Crippen LogP contribution in [0.5, 0.6) is 0 Å². The fourth-order valence-electron chi connectivity index (χ4n) is 2.38. The Morgan fingerprint density at radius 1 is 1.25 bits per heavy atom. The molecule has 0 radical (unpaired) electrons. The molecule has 0 aliphatic heterocycles. The third-order valence-corrected chi connectivity index (χ3v) is 4.14. The van der Waals surface area contributed by atoms with Crippen LogP contribution in [0.2, 0.25) is 0 Å². The highest BCUT2D eigenvalue weighted by Gasteiger charge is 2.24. The zero-order valence-corrected chi connectivity index (χ0v) is 11.3. The minimum Gasteiger partial charge on any atom is -0.476 e. The van der Waals surface area contributed by atoms with E-state index in [1.54, 1.807) is 0 Å². The molecule has 0 unspecified atom stereocenters. The number of aromatic carboxylic acids is 1. The molecule has 2 aromatic rings. The maximum absolute atomic E-state index is 12.0. The van der Waals surface area contributed by atoms with Gasteiger partial charge in [0.15, 0.2) is 10.7 Å². The van der Waals surface area contributed by atoms with Gasteiger partial charge < -0.3 is 10.4 Å². The van der Waals surface area contributed by atoms with E-state index in [0.717, 1.165) is 24.2 Å². The topological polar surface area (TPSA) is 79.3 Å². The van der Waals surface area contributed by atoms with Gasteiger partial charge in [-0.25, -0.2) is 9.78 Å². The van der Waals surface area contributed by atoms with Crippen molar-refractivity contribution in [2.75, 3.05) is 0 Å². The summed E-state index contributed by atoms with van der Waals surface area (Å²) in [5.41, 5.74) is 2.42. The number of amides is 1. The molecule has 0 atom stereocenters. The van der Waals surface area contributed by atoms with E-state index in [1.165, 1.54) is 16.5 Å². The highest BCUT2D eigenvalue weighted by molar-refractivity contribution is 7.11. The van der Waals surface area contributed by atoms with Gasteiger partial charge in [0, 0.05) is 11.4 Å². The van der Waals surface area contributed by atoms with Crippen molar-refractivity contribution in [3.8, 4) is 0 Å². The standard InChI is InChI=1S/C14H12N2O3S/c17-12(13-16-11(7-20-13)14(18)19)15-10-5-8-3-1-2-4-9(8)6-10/h1-4,7,10H,5-6H2,(H,15,17)(H,18,19). The molecule has 2 N–H and O–H groups in total. The number of carboxylic acid groups (broad SMARTS) is 1. The predicted molar refractivity (Wildman–Crippen MR) is 74.2 cm³/mol. The van der Waals surface area contributed by atoms with Crippen molar-refractivity contribution in [1.82, 2.24) is 10.3 Å². The van der Waals surface area contributed by atoms with Gasteiger partial charge in [-0.2, -0.15) is 0 Å². The Kier molecular flexibility index (Phi) is 3.23. The Bertz CT molecular complexity index is 656. The number of carboxylic acids is 1. The number of hydrogen-bond acceptors (Lipinski definition) is 4. The van der Waals surface area contributed by atoms with Crippen molar-refractivity contribution in [1.29, 1.82) is 0 Å². The Labute approximate surface area is 119 Å². The van der Waals surface area contributed by atoms with Crippen molar-refractivity contribution in [3.63, 3.8) is 0 Å². The number of thiazole rings is 1. The van der Waals surface area contributed by atoms with Crippen molar-refractivity contribution < 1.29 is 14.7 Å². The zero-order chi connectivity index (χ0) is 14.1. The van der Waals surface area contributed by atoms with Crippen LogP contribution < -0.4 is 5.32 Å². The van der Waals surface area contributed by atoms with Crippen LogP contribution in [0.25, 0.3) is 0 Å². The Balaban J connectivity index is 1.67. The Morgan fingerprint density at radius 3 is 2.45 bits per heavy atom. The summed E-state index contributed by atoms with van der Waals surface area (Å²) in [6, 6.07) is 8.16. The summed E-state index contributed by atoms with van der Waals surface area (Å²) in [5, 5.41) is 13.3. The van der Waals surface area contributed by atoms with Crippen LogP contribution in [0.3, 0.4) is 0 Å². The minimum atomic E-state index is -1.12. The average Bonchev–Trinajstić information content (AvgIpc) is 3.04. The second kappa shape index (κ2) is 5.05. The van der Waals surface area contributed by atoms with Gasteiger partial charge in [0.1, 0.15) is 0 Å². The lowest BCUT2D eigenvalue weighted by molar-refractivity contribution is 0.0691. The number of fused-ring (bicyclic) bond motifs is 1. The molecule has 0 spiro atoms. The first-order valence-electron chi connectivity index (χ1n) is 6.20. The van der Waals surface area contributed by atoms with Gasteiger partial charge >= 0.3 is 5.97 Å². The predicted octanol–water partition coefficient (Wildman–Crippen LogP) is 1.74. The number of benzene rings is 1. The lowest BCUT2D eigenvalue weighted by atomic mass is 10.1. The fraction of sp³-hybridized carbons (Fsp3) is 0.214. The number of carbonyl (C=O) groups excluding carboxylic acids is 1. The van der Waals surface area contributed by atoms with Gasteiger partial charge in [0.25, 0.3) is 5.91 Å². The van der Waals surface area contributed by atoms with Crippen LogP contribution in [-0.4, -0.2) is 28.0 Å². The van der Waals surface area contributed by atoms with Crippen LogP contribution in [0, 0.1) is 0 Å². The molecule has 1 aliphatic rings. The summed E-state index contributed by atoms with van der Waals surface area (Å²) in [5.74, 6) is -1.42. The minimum absolute atomic E-state index is 0.0529. The summed E-state index contributed by atoms with van der Waals surface area (Å²) in [6.45, 7) is 0. The van der Waals surface area contributed by atoms with Crippen LogP contribution >= 0.6 is 11.3 Å². The summed E-state index contributed by atoms with van der Waals surface area (Å²) in [4.78, 5) is 26.6. The lowest BCUT2D eigenvalue weighted by Crippen LogP contribution is -2.35. The lowest BCUT2D eigenvalue weighted by Gasteiger charge is -2.10. The molecule has 0 saturated heterocycles. The van der Waals surface area contributed by atoms with E-state index in [9.17, 15) is 9.59 Å². The molecule has 1 amide bonds. The fourth-order valence-corrected chi connectivity index (χ4v) is 3.08. The van der Waals surface area contributed by atoms with Gasteiger partial charge in [-0.05, 0) is 24.0 Å². The largest absolute Gasteiger partial charge is 0.476 e. The first-order valence-corrected chi connectivity index (χ1v) is 7.08. The number of carbonyl (C=O) groups is 2. The molecule has 1 aliphatic carbocycles. The quantitative estimate of drug-likeness (QED) is 0.901. The van der Waals surface area contributed by atoms with Crippen LogP contribution in [0.15, 0.2) is 29.6 Å². The van der Waals surface area contributed by atoms with Gasteiger partial charge in [-0.15, -0.1) is 11.3 Å². The summed E-state index contributed by atoms with van der Waals surface area (Å²) in [6.07, 6.45) is 1.61. The van der Waals surface area contributed by atoms with Crippen molar-refractivity contribution in [2.45, 2.75) is 18.9 Å². The van der Waals surface area contributed by atoms with E-state index in [1.807, 2.05) is 12.1 Å². The smallest absolute Gasteiger partial charge is 0.355 e. The summed E-state index contributed by atoms with van der Waals surface area (Å²) < 4.78 is 0. The molecule has 3 rings (SSSR count). The number of nitrogens with zero attached hydrogens (tertiary/aromatic N) is 1. The molecule has 6 heteroatoms. The number of aromatic nitrogens is 1. The highest BCUT2D eigenvalue weighted by Crippen LogP contribution is 2.22. The van der Waals surface area contributed by atoms with Gasteiger partial charge in [-0.3, -0.25) is 4.79 Å². The van der Waals surface area contributed by atoms with Crippen LogP contribution in [0.4, 0.5) is 0 Å². The normalized spacial score (nSPS) is 14.0. The molecular weight excluding hydrogens is 276 g/mol. The monoisotopic (exact) mass is 288 g/mol. The van der Waals surface area contributed by atoms with Crippen LogP contribution in [-0.2, 0) is 12.8 Å². The van der Waals surface area contributed by atoms with E-state index in [0.29, 0.717) is 0 Å². The maximum atomic E-state index is 12.0. The number of nitrogens with one attached hydrogen (secondary N) is 1. The molecule has 5 nitrogen and oxygen atoms in total. The molecule has 20 heavy (non-hydrogen) atoms. The third-order valence-electron chi connectivity index (χ3n) is 3.30. The summed E-state index contributed by atoms with van der Waals surface area (Å²) >= 11 is 1.05. The second-order valence-electron chi connectivity index (χ2n) is 4.69. The highest BCUT2D eigenvalue weighted by atomic mass is 32.1. The van der Waals surface area contributed by atoms with Crippen LogP contribution in [0.1, 0.15) is 31.4 Å².